The number of carbonyl (C=O) groups excluding carboxylic acids is 1. The molecule has 1 N–H and O–H groups in total. The minimum absolute atomic E-state index is 0.244. The summed E-state index contributed by atoms with van der Waals surface area (Å²) in [4.78, 5) is 16.9. The summed E-state index contributed by atoms with van der Waals surface area (Å²) in [6, 6.07) is 10.6. The van der Waals surface area contributed by atoms with Crippen molar-refractivity contribution in [3.8, 4) is 0 Å². The van der Waals surface area contributed by atoms with E-state index in [2.05, 4.69) is 45.4 Å². The molecule has 2 fully saturated rings. The van der Waals surface area contributed by atoms with Crippen molar-refractivity contribution in [2.45, 2.75) is 44.9 Å². The molecule has 138 valence electrons. The van der Waals surface area contributed by atoms with Crippen molar-refractivity contribution >= 4 is 11.6 Å². The first-order valence-corrected chi connectivity index (χ1v) is 10.1. The lowest BCUT2D eigenvalue weighted by atomic mass is 9.86. The largest absolute Gasteiger partial charge is 0.369 e. The Kier molecular flexibility index (Phi) is 7.16. The second-order valence-corrected chi connectivity index (χ2v) is 7.56. The molecule has 1 saturated heterocycles. The van der Waals surface area contributed by atoms with E-state index >= 15 is 0 Å². The molecule has 3 rings (SSSR count). The van der Waals surface area contributed by atoms with Gasteiger partial charge in [0.1, 0.15) is 0 Å². The molecule has 0 bridgehead atoms. The standard InChI is InChI=1S/C21H33N3O/c25-21(12-11-19-7-3-1-4-8-19)22-13-14-23-15-17-24(18-16-23)20-9-5-2-6-10-20/h2,5-6,9-10,19H,1,3-4,7-8,11-18H2,(H,22,25). The molecule has 4 heteroatoms. The van der Waals surface area contributed by atoms with Crippen LogP contribution in [0.3, 0.4) is 0 Å². The predicted octanol–water partition coefficient (Wildman–Crippen LogP) is 3.29. The van der Waals surface area contributed by atoms with E-state index in [1.54, 1.807) is 0 Å². The minimum atomic E-state index is 0.244. The van der Waals surface area contributed by atoms with Crippen molar-refractivity contribution in [1.82, 2.24) is 10.2 Å². The van der Waals surface area contributed by atoms with Gasteiger partial charge >= 0.3 is 0 Å². The molecular weight excluding hydrogens is 310 g/mol. The van der Waals surface area contributed by atoms with Crippen LogP contribution in [-0.4, -0.2) is 50.1 Å². The summed E-state index contributed by atoms with van der Waals surface area (Å²) in [7, 11) is 0. The van der Waals surface area contributed by atoms with Gasteiger partial charge in [0.15, 0.2) is 0 Å². The Morgan fingerprint density at radius 1 is 1.00 bits per heavy atom. The summed E-state index contributed by atoms with van der Waals surface area (Å²) < 4.78 is 0. The van der Waals surface area contributed by atoms with Gasteiger partial charge in [-0.15, -0.1) is 0 Å². The Bertz CT molecular complexity index is 505. The van der Waals surface area contributed by atoms with Gasteiger partial charge in [0, 0.05) is 51.4 Å². The van der Waals surface area contributed by atoms with Crippen molar-refractivity contribution in [2.24, 2.45) is 5.92 Å². The monoisotopic (exact) mass is 343 g/mol. The van der Waals surface area contributed by atoms with E-state index in [9.17, 15) is 4.79 Å². The summed E-state index contributed by atoms with van der Waals surface area (Å²) in [6.07, 6.45) is 8.58. The zero-order chi connectivity index (χ0) is 17.3. The molecule has 25 heavy (non-hydrogen) atoms. The Labute approximate surface area is 152 Å². The quantitative estimate of drug-likeness (QED) is 0.825. The Morgan fingerprint density at radius 3 is 2.44 bits per heavy atom. The third-order valence-corrected chi connectivity index (χ3v) is 5.75. The van der Waals surface area contributed by atoms with Crippen LogP contribution in [0.15, 0.2) is 30.3 Å². The molecule has 0 aromatic heterocycles. The van der Waals surface area contributed by atoms with E-state index in [1.807, 2.05) is 0 Å². The third-order valence-electron chi connectivity index (χ3n) is 5.75. The number of carbonyl (C=O) groups is 1. The number of hydrogen-bond acceptors (Lipinski definition) is 3. The molecule has 0 spiro atoms. The van der Waals surface area contributed by atoms with Gasteiger partial charge in [-0.3, -0.25) is 9.69 Å². The van der Waals surface area contributed by atoms with E-state index in [4.69, 9.17) is 0 Å². The first-order valence-electron chi connectivity index (χ1n) is 10.1. The van der Waals surface area contributed by atoms with Gasteiger partial charge in [-0.1, -0.05) is 50.3 Å². The van der Waals surface area contributed by atoms with Crippen LogP contribution in [0.25, 0.3) is 0 Å². The fourth-order valence-electron chi connectivity index (χ4n) is 4.12. The third kappa shape index (κ3) is 6.03. The molecule has 0 radical (unpaired) electrons. The average molecular weight is 344 g/mol. The zero-order valence-electron chi connectivity index (χ0n) is 15.5. The van der Waals surface area contributed by atoms with Crippen LogP contribution < -0.4 is 10.2 Å². The van der Waals surface area contributed by atoms with Gasteiger partial charge in [-0.25, -0.2) is 0 Å². The summed E-state index contributed by atoms with van der Waals surface area (Å²) >= 11 is 0. The number of amides is 1. The molecule has 0 atom stereocenters. The van der Waals surface area contributed by atoms with E-state index in [-0.39, 0.29) is 5.91 Å². The molecule has 0 unspecified atom stereocenters. The zero-order valence-corrected chi connectivity index (χ0v) is 15.5. The first kappa shape index (κ1) is 18.2. The molecule has 1 amide bonds. The molecule has 2 aliphatic rings. The maximum absolute atomic E-state index is 12.0. The molecule has 1 heterocycles. The Hall–Kier alpha value is -1.55. The highest BCUT2D eigenvalue weighted by molar-refractivity contribution is 5.75. The molecule has 1 saturated carbocycles. The normalized spacial score (nSPS) is 19.8. The number of piperazine rings is 1. The fraction of sp³-hybridized carbons (Fsp3) is 0.667. The lowest BCUT2D eigenvalue weighted by Crippen LogP contribution is -2.48. The van der Waals surface area contributed by atoms with Crippen LogP contribution in [0.1, 0.15) is 44.9 Å². The van der Waals surface area contributed by atoms with Crippen molar-refractivity contribution in [3.05, 3.63) is 30.3 Å². The molecular formula is C21H33N3O. The van der Waals surface area contributed by atoms with Gasteiger partial charge in [0.05, 0.1) is 0 Å². The minimum Gasteiger partial charge on any atom is -0.369 e. The lowest BCUT2D eigenvalue weighted by molar-refractivity contribution is -0.121. The molecule has 4 nitrogen and oxygen atoms in total. The van der Waals surface area contributed by atoms with Crippen LogP contribution in [0.4, 0.5) is 5.69 Å². The average Bonchev–Trinajstić information content (AvgIpc) is 2.68. The number of nitrogens with zero attached hydrogens (tertiary/aromatic N) is 2. The smallest absolute Gasteiger partial charge is 0.220 e. The highest BCUT2D eigenvalue weighted by atomic mass is 16.1. The number of anilines is 1. The van der Waals surface area contributed by atoms with Crippen molar-refractivity contribution in [2.75, 3.05) is 44.2 Å². The van der Waals surface area contributed by atoms with Crippen LogP contribution in [0.5, 0.6) is 0 Å². The number of rotatable bonds is 7. The van der Waals surface area contributed by atoms with Crippen LogP contribution >= 0.6 is 0 Å². The molecule has 1 aliphatic carbocycles. The highest BCUT2D eigenvalue weighted by Gasteiger charge is 2.17. The fourth-order valence-corrected chi connectivity index (χ4v) is 4.12. The van der Waals surface area contributed by atoms with Gasteiger partial charge in [0.25, 0.3) is 0 Å². The SMILES string of the molecule is O=C(CCC1CCCCC1)NCCN1CCN(c2ccccc2)CC1. The van der Waals surface area contributed by atoms with Crippen molar-refractivity contribution in [1.29, 1.82) is 0 Å². The second kappa shape index (κ2) is 9.81. The van der Waals surface area contributed by atoms with E-state index < -0.39 is 0 Å². The van der Waals surface area contributed by atoms with Crippen molar-refractivity contribution in [3.63, 3.8) is 0 Å². The van der Waals surface area contributed by atoms with Gasteiger partial charge in [-0.2, -0.15) is 0 Å². The first-order chi connectivity index (χ1) is 12.3. The maximum Gasteiger partial charge on any atom is 0.220 e. The topological polar surface area (TPSA) is 35.6 Å². The lowest BCUT2D eigenvalue weighted by Gasteiger charge is -2.36. The van der Waals surface area contributed by atoms with Gasteiger partial charge in [0.2, 0.25) is 5.91 Å². The maximum atomic E-state index is 12.0. The van der Waals surface area contributed by atoms with Gasteiger partial charge in [-0.05, 0) is 24.5 Å². The van der Waals surface area contributed by atoms with E-state index in [0.29, 0.717) is 6.42 Å². The number of nitrogens with one attached hydrogen (secondary N) is 1. The number of benzene rings is 1. The molecule has 1 aromatic carbocycles. The highest BCUT2D eigenvalue weighted by Crippen LogP contribution is 2.27. The van der Waals surface area contributed by atoms with Crippen LogP contribution in [0.2, 0.25) is 0 Å². The van der Waals surface area contributed by atoms with Crippen LogP contribution in [-0.2, 0) is 4.79 Å². The summed E-state index contributed by atoms with van der Waals surface area (Å²) in [5, 5.41) is 3.12. The second-order valence-electron chi connectivity index (χ2n) is 7.56. The summed E-state index contributed by atoms with van der Waals surface area (Å²) in [5.41, 5.74) is 1.32. The van der Waals surface area contributed by atoms with Gasteiger partial charge < -0.3 is 10.2 Å². The predicted molar refractivity (Wildman–Crippen MR) is 104 cm³/mol. The molecule has 1 aliphatic heterocycles. The van der Waals surface area contributed by atoms with Crippen molar-refractivity contribution < 1.29 is 4.79 Å². The Balaban J connectivity index is 1.26. The summed E-state index contributed by atoms with van der Waals surface area (Å²) in [5.74, 6) is 1.04. The number of hydrogen-bond donors (Lipinski definition) is 1. The number of para-hydroxylation sites is 1. The Morgan fingerprint density at radius 2 is 1.72 bits per heavy atom. The van der Waals surface area contributed by atoms with Crippen LogP contribution in [0, 0.1) is 5.92 Å². The summed E-state index contributed by atoms with van der Waals surface area (Å²) in [6.45, 7) is 6.05. The van der Waals surface area contributed by atoms with E-state index in [0.717, 1.165) is 51.6 Å². The van der Waals surface area contributed by atoms with E-state index in [1.165, 1.54) is 37.8 Å². The molecule has 1 aromatic rings.